The van der Waals surface area contributed by atoms with Crippen molar-refractivity contribution >= 4 is 44.7 Å². The van der Waals surface area contributed by atoms with Crippen molar-refractivity contribution < 1.29 is 21.8 Å². The van der Waals surface area contributed by atoms with Gasteiger partial charge >= 0.3 is 6.18 Å². The molecule has 3 unspecified atom stereocenters. The van der Waals surface area contributed by atoms with Gasteiger partial charge in [0.1, 0.15) is 5.82 Å². The number of nitrogens with zero attached hydrogens (tertiary/aromatic N) is 1. The summed E-state index contributed by atoms with van der Waals surface area (Å²) < 4.78 is 69.0. The zero-order valence-electron chi connectivity index (χ0n) is 17.2. The molecule has 0 amide bonds. The van der Waals surface area contributed by atoms with Crippen LogP contribution < -0.4 is 10.0 Å². The Morgan fingerprint density at radius 1 is 1.18 bits per heavy atom. The third kappa shape index (κ3) is 5.85. The topological polar surface area (TPSA) is 54.0 Å². The van der Waals surface area contributed by atoms with Crippen LogP contribution in [0.5, 0.6) is 0 Å². The van der Waals surface area contributed by atoms with E-state index in [4.69, 9.17) is 11.6 Å². The van der Waals surface area contributed by atoms with Crippen LogP contribution in [-0.2, 0) is 17.2 Å². The molecule has 0 saturated heterocycles. The molecule has 1 aromatic heterocycles. The molecule has 33 heavy (non-hydrogen) atoms. The molecule has 3 atom stereocenters. The molecule has 11 heteroatoms. The molecular formula is C22H20ClF4N3OS2. The van der Waals surface area contributed by atoms with E-state index in [1.54, 1.807) is 11.4 Å². The lowest BCUT2D eigenvalue weighted by Gasteiger charge is -2.31. The van der Waals surface area contributed by atoms with Crippen LogP contribution in [0.1, 0.15) is 42.7 Å². The summed E-state index contributed by atoms with van der Waals surface area (Å²) >= 11 is 7.58. The van der Waals surface area contributed by atoms with Gasteiger partial charge < -0.3 is 5.32 Å². The zero-order chi connectivity index (χ0) is 23.6. The molecule has 2 aromatic carbocycles. The number of benzene rings is 2. The fraction of sp³-hybridized carbons (Fsp3) is 0.318. The molecule has 2 N–H and O–H groups in total. The van der Waals surface area contributed by atoms with E-state index in [0.29, 0.717) is 22.8 Å². The summed E-state index contributed by atoms with van der Waals surface area (Å²) in [7, 11) is -1.87. The number of nitrogens with one attached hydrogen (secondary N) is 2. The monoisotopic (exact) mass is 517 g/mol. The summed E-state index contributed by atoms with van der Waals surface area (Å²) in [5, 5.41) is 5.53. The predicted octanol–water partition coefficient (Wildman–Crippen LogP) is 7.23. The van der Waals surface area contributed by atoms with Gasteiger partial charge in [0.2, 0.25) is 0 Å². The van der Waals surface area contributed by atoms with Crippen molar-refractivity contribution in [3.05, 3.63) is 69.9 Å². The number of aromatic nitrogens is 1. The van der Waals surface area contributed by atoms with E-state index in [-0.39, 0.29) is 21.9 Å². The minimum Gasteiger partial charge on any atom is -0.381 e. The van der Waals surface area contributed by atoms with E-state index < -0.39 is 28.5 Å². The van der Waals surface area contributed by atoms with Crippen LogP contribution in [0.4, 0.5) is 28.4 Å². The van der Waals surface area contributed by atoms with Gasteiger partial charge in [-0.3, -0.25) is 4.72 Å². The van der Waals surface area contributed by atoms with E-state index in [2.05, 4.69) is 15.0 Å². The van der Waals surface area contributed by atoms with Crippen LogP contribution in [0.25, 0.3) is 0 Å². The molecule has 1 fully saturated rings. The maximum atomic E-state index is 14.7. The first-order valence-corrected chi connectivity index (χ1v) is 12.6. The summed E-state index contributed by atoms with van der Waals surface area (Å²) in [4.78, 5) is 3.87. The Bertz CT molecular complexity index is 1140. The third-order valence-corrected chi connectivity index (χ3v) is 7.77. The van der Waals surface area contributed by atoms with Gasteiger partial charge in [0, 0.05) is 17.6 Å². The van der Waals surface area contributed by atoms with Gasteiger partial charge in [-0.05, 0) is 48.9 Å². The molecule has 3 aromatic rings. The first-order valence-electron chi connectivity index (χ1n) is 10.2. The molecule has 1 aliphatic carbocycles. The molecule has 0 aliphatic heterocycles. The van der Waals surface area contributed by atoms with Gasteiger partial charge in [-0.2, -0.15) is 13.2 Å². The second-order valence-electron chi connectivity index (χ2n) is 7.80. The van der Waals surface area contributed by atoms with Crippen LogP contribution >= 0.6 is 22.9 Å². The molecule has 176 valence electrons. The van der Waals surface area contributed by atoms with Crippen LogP contribution in [0.2, 0.25) is 5.02 Å². The summed E-state index contributed by atoms with van der Waals surface area (Å²) in [6.07, 6.45) is 0.132. The Labute approximate surface area is 200 Å². The molecule has 4 nitrogen and oxygen atoms in total. The normalized spacial score (nSPS) is 19.8. The van der Waals surface area contributed by atoms with Crippen LogP contribution in [-0.4, -0.2) is 15.2 Å². The maximum absolute atomic E-state index is 14.7. The van der Waals surface area contributed by atoms with Gasteiger partial charge in [-0.25, -0.2) is 13.6 Å². The second kappa shape index (κ2) is 9.99. The largest absolute Gasteiger partial charge is 0.416 e. The van der Waals surface area contributed by atoms with Crippen molar-refractivity contribution in [2.24, 2.45) is 0 Å². The van der Waals surface area contributed by atoms with E-state index >= 15 is 0 Å². The van der Waals surface area contributed by atoms with Crippen LogP contribution in [0, 0.1) is 5.82 Å². The third-order valence-electron chi connectivity index (χ3n) is 5.55. The fourth-order valence-electron chi connectivity index (χ4n) is 4.00. The quantitative estimate of drug-likeness (QED) is 0.339. The smallest absolute Gasteiger partial charge is 0.381 e. The average Bonchev–Trinajstić information content (AvgIpc) is 3.29. The van der Waals surface area contributed by atoms with Crippen LogP contribution in [0.15, 0.2) is 52.9 Å². The van der Waals surface area contributed by atoms with Gasteiger partial charge in [-0.15, -0.1) is 11.3 Å². The standard InChI is InChI=1S/C22H20ClF4N3OS2/c23-17-11-20(33(31)30-21-28-7-8-32-21)18(24)12-19(17)29-16-6-2-4-14(10-16)13-3-1-5-15(9-13)22(25,26)27/h1,3,5,7-9,11-12,14,16,29H,2,4,6,10H2,(H,28,30). The van der Waals surface area contributed by atoms with E-state index in [1.165, 1.54) is 41.8 Å². The van der Waals surface area contributed by atoms with Gasteiger partial charge in [0.15, 0.2) is 16.1 Å². The Morgan fingerprint density at radius 3 is 2.73 bits per heavy atom. The first kappa shape index (κ1) is 24.0. The summed E-state index contributed by atoms with van der Waals surface area (Å²) in [6.45, 7) is 0. The lowest BCUT2D eigenvalue weighted by molar-refractivity contribution is -0.137. The highest BCUT2D eigenvalue weighted by atomic mass is 35.5. The Balaban J connectivity index is 1.46. The lowest BCUT2D eigenvalue weighted by atomic mass is 9.81. The molecule has 0 spiro atoms. The zero-order valence-corrected chi connectivity index (χ0v) is 19.6. The number of hydrogen-bond donors (Lipinski definition) is 2. The van der Waals surface area contributed by atoms with Gasteiger partial charge in [-0.1, -0.05) is 36.2 Å². The number of thiazole rings is 1. The Hall–Kier alpha value is -2.17. The number of halogens is 5. The second-order valence-corrected chi connectivity index (χ2v) is 10.3. The summed E-state index contributed by atoms with van der Waals surface area (Å²) in [5.41, 5.74) is 0.349. The van der Waals surface area contributed by atoms with E-state index in [0.717, 1.165) is 25.3 Å². The Morgan fingerprint density at radius 2 is 2.00 bits per heavy atom. The average molecular weight is 518 g/mol. The highest BCUT2D eigenvalue weighted by Gasteiger charge is 2.32. The van der Waals surface area contributed by atoms with Gasteiger partial charge in [0.05, 0.1) is 21.2 Å². The maximum Gasteiger partial charge on any atom is 0.416 e. The van der Waals surface area contributed by atoms with Crippen molar-refractivity contribution in [2.45, 2.75) is 48.7 Å². The summed E-state index contributed by atoms with van der Waals surface area (Å²) in [5.74, 6) is -0.731. The molecule has 0 radical (unpaired) electrons. The number of rotatable bonds is 6. The van der Waals surface area contributed by atoms with Crippen molar-refractivity contribution in [3.63, 3.8) is 0 Å². The van der Waals surface area contributed by atoms with E-state index in [1.807, 2.05) is 0 Å². The SMILES string of the molecule is O=S(Nc1nccs1)c1cc(Cl)c(NC2CCCC(c3cccc(C(F)(F)F)c3)C2)cc1F. The minimum atomic E-state index is -4.39. The van der Waals surface area contributed by atoms with Crippen molar-refractivity contribution in [3.8, 4) is 0 Å². The highest BCUT2D eigenvalue weighted by molar-refractivity contribution is 7.86. The molecule has 4 rings (SSSR count). The highest BCUT2D eigenvalue weighted by Crippen LogP contribution is 2.38. The molecule has 1 saturated carbocycles. The minimum absolute atomic E-state index is 0.0450. The van der Waals surface area contributed by atoms with E-state index in [9.17, 15) is 21.8 Å². The first-order chi connectivity index (χ1) is 15.7. The predicted molar refractivity (Wildman–Crippen MR) is 124 cm³/mol. The molecule has 1 heterocycles. The molecule has 1 aliphatic rings. The molecule has 0 bridgehead atoms. The van der Waals surface area contributed by atoms with Crippen molar-refractivity contribution in [1.82, 2.24) is 4.98 Å². The summed E-state index contributed by atoms with van der Waals surface area (Å²) in [6, 6.07) is 7.85. The number of alkyl halides is 3. The lowest BCUT2D eigenvalue weighted by Crippen LogP contribution is -2.27. The van der Waals surface area contributed by atoms with Crippen molar-refractivity contribution in [1.29, 1.82) is 0 Å². The van der Waals surface area contributed by atoms with Crippen LogP contribution in [0.3, 0.4) is 0 Å². The van der Waals surface area contributed by atoms with Crippen molar-refractivity contribution in [2.75, 3.05) is 10.0 Å². The number of hydrogen-bond acceptors (Lipinski definition) is 4. The van der Waals surface area contributed by atoms with Gasteiger partial charge in [0.25, 0.3) is 0 Å². The molecular weight excluding hydrogens is 498 g/mol. The number of anilines is 2. The fourth-order valence-corrected chi connectivity index (χ4v) is 5.86. The Kier molecular flexibility index (Phi) is 7.25.